The molecule has 4 heteroatoms. The molecular formula is C15H26N2O2. The molecule has 1 N–H and O–H groups in total. The Bertz CT molecular complexity index is 377. The fourth-order valence-electron chi connectivity index (χ4n) is 2.45. The van der Waals surface area contributed by atoms with Gasteiger partial charge >= 0.3 is 6.08 Å². The van der Waals surface area contributed by atoms with Crippen LogP contribution in [0.1, 0.15) is 58.6 Å². The average Bonchev–Trinajstić information content (AvgIpc) is 2.80. The molecule has 4 nitrogen and oxygen atoms in total. The predicted octanol–water partition coefficient (Wildman–Crippen LogP) is 3.52. The van der Waals surface area contributed by atoms with E-state index in [1.807, 2.05) is 0 Å². The van der Waals surface area contributed by atoms with E-state index in [1.165, 1.54) is 12.8 Å². The summed E-state index contributed by atoms with van der Waals surface area (Å²) in [5.74, 6) is 0. The Labute approximate surface area is 115 Å². The zero-order valence-electron chi connectivity index (χ0n) is 12.4. The second-order valence-corrected chi connectivity index (χ2v) is 6.26. The topological polar surface area (TPSA) is 47.3 Å². The van der Waals surface area contributed by atoms with E-state index in [9.17, 15) is 0 Å². The van der Waals surface area contributed by atoms with Crippen molar-refractivity contribution in [2.45, 2.75) is 65.5 Å². The van der Waals surface area contributed by atoms with Gasteiger partial charge in [-0.25, -0.2) is 0 Å². The summed E-state index contributed by atoms with van der Waals surface area (Å²) in [5.41, 5.74) is 1.38. The van der Waals surface area contributed by atoms with Gasteiger partial charge in [0.15, 0.2) is 0 Å². The molecule has 1 heterocycles. The molecule has 1 aromatic rings. The second-order valence-electron chi connectivity index (χ2n) is 6.26. The molecule has 1 aliphatic rings. The van der Waals surface area contributed by atoms with Crippen molar-refractivity contribution in [2.24, 2.45) is 5.41 Å². The molecule has 0 saturated heterocycles. The van der Waals surface area contributed by atoms with Crippen LogP contribution in [0.25, 0.3) is 0 Å². The Balaban J connectivity index is 1.77. The first-order chi connectivity index (χ1) is 9.09. The van der Waals surface area contributed by atoms with Crippen LogP contribution in [0, 0.1) is 5.41 Å². The Morgan fingerprint density at radius 1 is 1.42 bits per heavy atom. The van der Waals surface area contributed by atoms with E-state index < -0.39 is 0 Å². The molecule has 0 aromatic carbocycles. The smallest absolute Gasteiger partial charge is 0.394 e. The van der Waals surface area contributed by atoms with Gasteiger partial charge in [0.25, 0.3) is 0 Å². The molecule has 1 aliphatic carbocycles. The van der Waals surface area contributed by atoms with E-state index in [1.54, 1.807) is 6.26 Å². The third-order valence-corrected chi connectivity index (χ3v) is 3.82. The highest BCUT2D eigenvalue weighted by Crippen LogP contribution is 2.36. The van der Waals surface area contributed by atoms with Crippen LogP contribution in [-0.2, 0) is 6.54 Å². The molecule has 0 bridgehead atoms. The van der Waals surface area contributed by atoms with E-state index in [2.05, 4.69) is 31.1 Å². The van der Waals surface area contributed by atoms with E-state index in [0.29, 0.717) is 11.5 Å². The van der Waals surface area contributed by atoms with Gasteiger partial charge in [-0.3, -0.25) is 0 Å². The summed E-state index contributed by atoms with van der Waals surface area (Å²) in [5, 5.41) is 3.30. The highest BCUT2D eigenvalue weighted by molar-refractivity contribution is 5.00. The van der Waals surface area contributed by atoms with Crippen molar-refractivity contribution in [3.63, 3.8) is 0 Å². The minimum Gasteiger partial charge on any atom is -0.447 e. The minimum atomic E-state index is 0.267. The normalized spacial score (nSPS) is 19.5. The van der Waals surface area contributed by atoms with Gasteiger partial charge in [0, 0.05) is 6.54 Å². The van der Waals surface area contributed by atoms with Crippen LogP contribution in [0.5, 0.6) is 6.08 Å². The van der Waals surface area contributed by atoms with Crippen LogP contribution in [0.3, 0.4) is 0 Å². The number of nitrogens with zero attached hydrogens (tertiary/aromatic N) is 1. The predicted molar refractivity (Wildman–Crippen MR) is 75.2 cm³/mol. The molecule has 0 amide bonds. The molecule has 0 atom stereocenters. The molecule has 2 rings (SSSR count). The quantitative estimate of drug-likeness (QED) is 0.800. The van der Waals surface area contributed by atoms with Crippen LogP contribution >= 0.6 is 0 Å². The van der Waals surface area contributed by atoms with E-state index in [0.717, 1.165) is 38.0 Å². The summed E-state index contributed by atoms with van der Waals surface area (Å²) in [7, 11) is 0. The van der Waals surface area contributed by atoms with Crippen molar-refractivity contribution in [2.75, 3.05) is 6.54 Å². The molecule has 1 saturated carbocycles. The SMILES string of the molecule is CCCNCc1coc(OC2CCC(C)(C)CC2)n1. The van der Waals surface area contributed by atoms with Crippen LogP contribution in [0.4, 0.5) is 0 Å². The summed E-state index contributed by atoms with van der Waals surface area (Å²) in [6, 6.07) is 0. The van der Waals surface area contributed by atoms with Gasteiger partial charge in [0.2, 0.25) is 0 Å². The molecule has 0 radical (unpaired) electrons. The molecule has 0 aliphatic heterocycles. The highest BCUT2D eigenvalue weighted by atomic mass is 16.6. The number of oxazole rings is 1. The van der Waals surface area contributed by atoms with E-state index in [-0.39, 0.29) is 6.10 Å². The van der Waals surface area contributed by atoms with Crippen LogP contribution in [-0.4, -0.2) is 17.6 Å². The van der Waals surface area contributed by atoms with Crippen molar-refractivity contribution in [3.05, 3.63) is 12.0 Å². The van der Waals surface area contributed by atoms with E-state index >= 15 is 0 Å². The van der Waals surface area contributed by atoms with Crippen LogP contribution < -0.4 is 10.1 Å². The Hall–Kier alpha value is -1.03. The molecule has 1 fully saturated rings. The second kappa shape index (κ2) is 6.42. The number of ether oxygens (including phenoxy) is 1. The van der Waals surface area contributed by atoms with Gasteiger partial charge < -0.3 is 14.5 Å². The Morgan fingerprint density at radius 2 is 2.16 bits per heavy atom. The zero-order valence-corrected chi connectivity index (χ0v) is 12.4. The van der Waals surface area contributed by atoms with Crippen molar-refractivity contribution in [1.29, 1.82) is 0 Å². The summed E-state index contributed by atoms with van der Waals surface area (Å²) < 4.78 is 11.2. The first kappa shape index (κ1) is 14.4. The van der Waals surface area contributed by atoms with E-state index in [4.69, 9.17) is 9.15 Å². The fraction of sp³-hybridized carbons (Fsp3) is 0.800. The summed E-state index contributed by atoms with van der Waals surface area (Å²) in [6.45, 7) is 8.55. The minimum absolute atomic E-state index is 0.267. The first-order valence-corrected chi connectivity index (χ1v) is 7.41. The lowest BCUT2D eigenvalue weighted by Crippen LogP contribution is -2.28. The van der Waals surface area contributed by atoms with Gasteiger partial charge in [0.05, 0.1) is 5.69 Å². The average molecular weight is 266 g/mol. The van der Waals surface area contributed by atoms with Crippen LogP contribution in [0.2, 0.25) is 0 Å². The highest BCUT2D eigenvalue weighted by Gasteiger charge is 2.28. The number of hydrogen-bond donors (Lipinski definition) is 1. The number of nitrogens with one attached hydrogen (secondary N) is 1. The molecule has 0 spiro atoms. The summed E-state index contributed by atoms with van der Waals surface area (Å²) >= 11 is 0. The number of rotatable bonds is 6. The fourth-order valence-corrected chi connectivity index (χ4v) is 2.45. The van der Waals surface area contributed by atoms with Gasteiger partial charge in [-0.15, -0.1) is 0 Å². The molecule has 1 aromatic heterocycles. The lowest BCUT2D eigenvalue weighted by Gasteiger charge is -2.33. The van der Waals surface area contributed by atoms with Gasteiger partial charge in [-0.2, -0.15) is 4.98 Å². The van der Waals surface area contributed by atoms with Crippen molar-refractivity contribution >= 4 is 0 Å². The summed E-state index contributed by atoms with van der Waals surface area (Å²) in [4.78, 5) is 4.36. The van der Waals surface area contributed by atoms with Crippen molar-refractivity contribution < 1.29 is 9.15 Å². The molecule has 19 heavy (non-hydrogen) atoms. The lowest BCUT2D eigenvalue weighted by atomic mass is 9.76. The Kier molecular flexibility index (Phi) is 4.86. The van der Waals surface area contributed by atoms with Crippen molar-refractivity contribution in [1.82, 2.24) is 10.3 Å². The monoisotopic (exact) mass is 266 g/mol. The third kappa shape index (κ3) is 4.53. The number of aromatic nitrogens is 1. The summed E-state index contributed by atoms with van der Waals surface area (Å²) in [6.07, 6.45) is 8.12. The number of hydrogen-bond acceptors (Lipinski definition) is 4. The van der Waals surface area contributed by atoms with Gasteiger partial charge in [0.1, 0.15) is 12.4 Å². The van der Waals surface area contributed by atoms with Crippen molar-refractivity contribution in [3.8, 4) is 6.08 Å². The Morgan fingerprint density at radius 3 is 2.84 bits per heavy atom. The maximum Gasteiger partial charge on any atom is 0.394 e. The first-order valence-electron chi connectivity index (χ1n) is 7.41. The maximum atomic E-state index is 5.83. The molecular weight excluding hydrogens is 240 g/mol. The molecule has 108 valence electrons. The standard InChI is InChI=1S/C15H26N2O2/c1-4-9-16-10-12-11-18-14(17-12)19-13-5-7-15(2,3)8-6-13/h11,13,16H,4-10H2,1-3H3. The third-order valence-electron chi connectivity index (χ3n) is 3.82. The van der Waals surface area contributed by atoms with Crippen LogP contribution in [0.15, 0.2) is 10.7 Å². The zero-order chi connectivity index (χ0) is 13.7. The lowest BCUT2D eigenvalue weighted by molar-refractivity contribution is 0.0726. The largest absolute Gasteiger partial charge is 0.447 e. The van der Waals surface area contributed by atoms with Gasteiger partial charge in [-0.1, -0.05) is 20.8 Å². The molecule has 0 unspecified atom stereocenters. The maximum absolute atomic E-state index is 5.83. The van der Waals surface area contributed by atoms with Gasteiger partial charge in [-0.05, 0) is 44.1 Å².